The quantitative estimate of drug-likeness (QED) is 0.818. The van der Waals surface area contributed by atoms with Gasteiger partial charge in [-0.15, -0.1) is 12.4 Å². The van der Waals surface area contributed by atoms with Crippen LogP contribution in [-0.4, -0.2) is 24.2 Å². The van der Waals surface area contributed by atoms with Crippen molar-refractivity contribution in [2.45, 2.75) is 18.6 Å². The smallest absolute Gasteiger partial charge is 0.428 e. The van der Waals surface area contributed by atoms with Crippen LogP contribution in [0.4, 0.5) is 17.6 Å². The maximum Gasteiger partial charge on any atom is 0.461 e. The van der Waals surface area contributed by atoms with Crippen LogP contribution in [0.3, 0.4) is 0 Å². The lowest BCUT2D eigenvalue weighted by molar-refractivity contribution is -0.253. The second-order valence-corrected chi connectivity index (χ2v) is 3.29. The van der Waals surface area contributed by atoms with Gasteiger partial charge in [-0.25, -0.2) is 0 Å². The summed E-state index contributed by atoms with van der Waals surface area (Å²) in [5.74, 6) is -0.473. The van der Waals surface area contributed by atoms with E-state index in [9.17, 15) is 17.6 Å². The fourth-order valence-corrected chi connectivity index (χ4v) is 1.17. The second-order valence-electron chi connectivity index (χ2n) is 3.29. The van der Waals surface area contributed by atoms with Crippen LogP contribution in [0, 0.1) is 0 Å². The number of aliphatic hydroxyl groups excluding tert-OH is 1. The molecular formula is C10H12ClF4NO2. The molecule has 1 atom stereocenters. The molecule has 1 aromatic carbocycles. The Labute approximate surface area is 107 Å². The number of rotatable bonds is 5. The standard InChI is InChI=1S/C10H11F4NO2.ClH/c11-9(12)10(13,14)17-8-4-2-1-3-6(8)7(15)5-16;/h1-4,7,9,16H,5,15H2;1H/t7-;/m1./s1. The third kappa shape index (κ3) is 4.01. The maximum atomic E-state index is 12.7. The molecule has 1 aromatic rings. The number of nitrogens with two attached hydrogens (primary N) is 1. The molecule has 0 saturated carbocycles. The molecule has 0 aliphatic heterocycles. The number of benzene rings is 1. The fraction of sp³-hybridized carbons (Fsp3) is 0.400. The summed E-state index contributed by atoms with van der Waals surface area (Å²) in [7, 11) is 0. The van der Waals surface area contributed by atoms with Gasteiger partial charge in [0.25, 0.3) is 0 Å². The lowest BCUT2D eigenvalue weighted by Gasteiger charge is -2.20. The van der Waals surface area contributed by atoms with Gasteiger partial charge < -0.3 is 15.6 Å². The minimum Gasteiger partial charge on any atom is -0.428 e. The highest BCUT2D eigenvalue weighted by molar-refractivity contribution is 5.85. The summed E-state index contributed by atoms with van der Waals surface area (Å²) < 4.78 is 53.3. The fourth-order valence-electron chi connectivity index (χ4n) is 1.17. The van der Waals surface area contributed by atoms with Crippen molar-refractivity contribution >= 4 is 12.4 Å². The van der Waals surface area contributed by atoms with Gasteiger partial charge >= 0.3 is 12.5 Å². The number of ether oxygens (including phenoxy) is 1. The number of aliphatic hydroxyl groups is 1. The predicted molar refractivity (Wildman–Crippen MR) is 59.3 cm³/mol. The SMILES string of the molecule is Cl.N[C@H](CO)c1ccccc1OC(F)(F)C(F)F. The third-order valence-electron chi connectivity index (χ3n) is 2.02. The minimum absolute atomic E-state index is 0. The largest absolute Gasteiger partial charge is 0.461 e. The second kappa shape index (κ2) is 6.77. The topological polar surface area (TPSA) is 55.5 Å². The summed E-state index contributed by atoms with van der Waals surface area (Å²) in [6.45, 7) is -0.513. The number of hydrogen-bond acceptors (Lipinski definition) is 3. The van der Waals surface area contributed by atoms with Gasteiger partial charge in [0, 0.05) is 5.56 Å². The van der Waals surface area contributed by atoms with Crippen LogP contribution in [0.15, 0.2) is 24.3 Å². The van der Waals surface area contributed by atoms with Crippen LogP contribution in [-0.2, 0) is 0 Å². The van der Waals surface area contributed by atoms with E-state index in [2.05, 4.69) is 4.74 Å². The van der Waals surface area contributed by atoms with Crippen molar-refractivity contribution in [3.8, 4) is 5.75 Å². The van der Waals surface area contributed by atoms with Gasteiger partial charge in [-0.05, 0) is 6.07 Å². The molecule has 0 fully saturated rings. The van der Waals surface area contributed by atoms with E-state index in [1.807, 2.05) is 0 Å². The highest BCUT2D eigenvalue weighted by Crippen LogP contribution is 2.31. The monoisotopic (exact) mass is 289 g/mol. The van der Waals surface area contributed by atoms with Crippen molar-refractivity contribution in [3.63, 3.8) is 0 Å². The zero-order valence-electron chi connectivity index (χ0n) is 9.02. The Morgan fingerprint density at radius 2 is 1.83 bits per heavy atom. The number of para-hydroxylation sites is 1. The van der Waals surface area contributed by atoms with Gasteiger partial charge in [0.15, 0.2) is 0 Å². The Bertz CT molecular complexity index is 379. The van der Waals surface area contributed by atoms with Crippen molar-refractivity contribution in [1.29, 1.82) is 0 Å². The summed E-state index contributed by atoms with van der Waals surface area (Å²) in [5.41, 5.74) is 5.46. The lowest BCUT2D eigenvalue weighted by Crippen LogP contribution is -2.34. The highest BCUT2D eigenvalue weighted by atomic mass is 35.5. The summed E-state index contributed by atoms with van der Waals surface area (Å²) in [6, 6.07) is 4.24. The normalized spacial score (nSPS) is 13.1. The Hall–Kier alpha value is -1.05. The van der Waals surface area contributed by atoms with Gasteiger partial charge in [-0.3, -0.25) is 0 Å². The average molecular weight is 290 g/mol. The van der Waals surface area contributed by atoms with Crippen molar-refractivity contribution in [3.05, 3.63) is 29.8 Å². The maximum absolute atomic E-state index is 12.7. The van der Waals surface area contributed by atoms with Crippen molar-refractivity contribution in [2.75, 3.05) is 6.61 Å². The van der Waals surface area contributed by atoms with Crippen LogP contribution in [0.1, 0.15) is 11.6 Å². The van der Waals surface area contributed by atoms with Gasteiger partial charge in [0.2, 0.25) is 0 Å². The number of alkyl halides is 4. The summed E-state index contributed by atoms with van der Waals surface area (Å²) in [5, 5.41) is 8.80. The molecule has 18 heavy (non-hydrogen) atoms. The van der Waals surface area contributed by atoms with Crippen LogP contribution in [0.25, 0.3) is 0 Å². The van der Waals surface area contributed by atoms with Crippen molar-refractivity contribution in [2.24, 2.45) is 5.73 Å². The van der Waals surface area contributed by atoms with E-state index in [0.29, 0.717) is 0 Å². The zero-order valence-corrected chi connectivity index (χ0v) is 9.84. The minimum atomic E-state index is -4.59. The summed E-state index contributed by atoms with van der Waals surface area (Å²) in [4.78, 5) is 0. The average Bonchev–Trinajstić information content (AvgIpc) is 2.28. The molecule has 0 amide bonds. The van der Waals surface area contributed by atoms with Gasteiger partial charge in [0.1, 0.15) is 5.75 Å². The van der Waals surface area contributed by atoms with Crippen molar-refractivity contribution in [1.82, 2.24) is 0 Å². The molecule has 104 valence electrons. The Morgan fingerprint density at radius 1 is 1.28 bits per heavy atom. The molecule has 0 heterocycles. The molecule has 3 nitrogen and oxygen atoms in total. The van der Waals surface area contributed by atoms with E-state index in [1.54, 1.807) is 0 Å². The van der Waals surface area contributed by atoms with Crippen LogP contribution >= 0.6 is 12.4 Å². The molecule has 0 bridgehead atoms. The van der Waals surface area contributed by atoms with Crippen molar-refractivity contribution < 1.29 is 27.4 Å². The van der Waals surface area contributed by atoms with E-state index in [-0.39, 0.29) is 18.0 Å². The first-order valence-electron chi connectivity index (χ1n) is 4.69. The first-order chi connectivity index (χ1) is 7.88. The van der Waals surface area contributed by atoms with E-state index >= 15 is 0 Å². The van der Waals surface area contributed by atoms with Crippen LogP contribution in [0.5, 0.6) is 5.75 Å². The molecule has 0 aromatic heterocycles. The van der Waals surface area contributed by atoms with E-state index in [1.165, 1.54) is 18.2 Å². The molecular weight excluding hydrogens is 278 g/mol. The Kier molecular flexibility index (Phi) is 6.37. The number of halogens is 5. The molecule has 0 saturated heterocycles. The van der Waals surface area contributed by atoms with Crippen LogP contribution in [0.2, 0.25) is 0 Å². The molecule has 8 heteroatoms. The highest BCUT2D eigenvalue weighted by Gasteiger charge is 2.44. The first kappa shape index (κ1) is 16.9. The molecule has 0 aliphatic rings. The van der Waals surface area contributed by atoms with E-state index < -0.39 is 30.9 Å². The van der Waals surface area contributed by atoms with Gasteiger partial charge in [-0.1, -0.05) is 18.2 Å². The molecule has 0 aliphatic carbocycles. The third-order valence-corrected chi connectivity index (χ3v) is 2.02. The summed E-state index contributed by atoms with van der Waals surface area (Å²) >= 11 is 0. The van der Waals surface area contributed by atoms with E-state index in [0.717, 1.165) is 6.07 Å². The molecule has 0 radical (unpaired) electrons. The summed E-state index contributed by atoms with van der Waals surface area (Å²) in [6.07, 6.45) is -8.54. The molecule has 0 unspecified atom stereocenters. The Balaban J connectivity index is 0.00000289. The van der Waals surface area contributed by atoms with E-state index in [4.69, 9.17) is 10.8 Å². The molecule has 3 N–H and O–H groups in total. The molecule has 0 spiro atoms. The van der Waals surface area contributed by atoms with Gasteiger partial charge in [-0.2, -0.15) is 17.6 Å². The lowest BCUT2D eigenvalue weighted by atomic mass is 10.1. The number of hydrogen-bond donors (Lipinski definition) is 2. The molecule has 1 rings (SSSR count). The zero-order chi connectivity index (χ0) is 13.1. The predicted octanol–water partition coefficient (Wildman–Crippen LogP) is 2.34. The van der Waals surface area contributed by atoms with Crippen LogP contribution < -0.4 is 10.5 Å². The Morgan fingerprint density at radius 3 is 2.33 bits per heavy atom. The van der Waals surface area contributed by atoms with Gasteiger partial charge in [0.05, 0.1) is 12.6 Å². The first-order valence-corrected chi connectivity index (χ1v) is 4.69.